The molecule has 0 saturated carbocycles. The van der Waals surface area contributed by atoms with Gasteiger partial charge in [-0.1, -0.05) is 39.0 Å². The van der Waals surface area contributed by atoms with E-state index < -0.39 is 5.22 Å². The molecular weight excluding hydrogens is 200 g/mol. The summed E-state index contributed by atoms with van der Waals surface area (Å²) in [5.41, 5.74) is 3.42. The van der Waals surface area contributed by atoms with Crippen molar-refractivity contribution in [1.29, 1.82) is 0 Å². The first kappa shape index (κ1) is 12.5. The predicted octanol–water partition coefficient (Wildman–Crippen LogP) is 2.63. The maximum absolute atomic E-state index is 10.1. The number of benzene rings is 1. The zero-order chi connectivity index (χ0) is 11.9. The Kier molecular flexibility index (Phi) is 3.13. The Hall–Kier alpha value is -0.603. The molecule has 0 heterocycles. The van der Waals surface area contributed by atoms with E-state index in [1.807, 2.05) is 12.1 Å². The average Bonchev–Trinajstić information content (AvgIpc) is 1.99. The van der Waals surface area contributed by atoms with Crippen molar-refractivity contribution >= 4 is 10.2 Å². The number of hydrogen-bond donors (Lipinski definition) is 1. The molecular formula is C13H19OSi. The fraction of sp³-hybridized carbons (Fsp3) is 0.538. The first-order valence-corrected chi connectivity index (χ1v) is 5.72. The summed E-state index contributed by atoms with van der Waals surface area (Å²) in [6, 6.07) is 6.04. The van der Waals surface area contributed by atoms with E-state index >= 15 is 0 Å². The number of aryl methyl sites for hydroxylation is 1. The zero-order valence-corrected chi connectivity index (χ0v) is 11.2. The lowest BCUT2D eigenvalue weighted by Gasteiger charge is -2.30. The van der Waals surface area contributed by atoms with E-state index in [1.165, 1.54) is 11.1 Å². The molecule has 0 spiro atoms. The van der Waals surface area contributed by atoms with Gasteiger partial charge in [-0.3, -0.25) is 0 Å². The summed E-state index contributed by atoms with van der Waals surface area (Å²) in [7, 11) is 3.37. The molecule has 1 aromatic rings. The molecule has 0 saturated heterocycles. The highest BCUT2D eigenvalue weighted by Crippen LogP contribution is 2.33. The van der Waals surface area contributed by atoms with Crippen LogP contribution in [0.15, 0.2) is 18.2 Å². The smallest absolute Gasteiger partial charge is 0.0765 e. The molecule has 0 aliphatic rings. The molecule has 0 amide bonds. The summed E-state index contributed by atoms with van der Waals surface area (Å²) in [6.07, 6.45) is 0. The van der Waals surface area contributed by atoms with Gasteiger partial charge in [0.2, 0.25) is 0 Å². The predicted molar refractivity (Wildman–Crippen MR) is 65.2 cm³/mol. The second-order valence-corrected chi connectivity index (χ2v) is 6.29. The summed E-state index contributed by atoms with van der Waals surface area (Å²) in [5.74, 6) is 0. The minimum Gasteiger partial charge on any atom is -0.390 e. The van der Waals surface area contributed by atoms with E-state index in [9.17, 15) is 5.11 Å². The molecule has 0 aliphatic carbocycles. The highest BCUT2D eigenvalue weighted by Gasteiger charge is 2.27. The van der Waals surface area contributed by atoms with Crippen LogP contribution in [0.1, 0.15) is 44.4 Å². The SMILES string of the molecule is Cc1cccc(C(C)(O)[Si])c1C(C)(C)C. The summed E-state index contributed by atoms with van der Waals surface area (Å²) in [5, 5.41) is 9.11. The molecule has 1 atom stereocenters. The van der Waals surface area contributed by atoms with Crippen LogP contribution < -0.4 is 0 Å². The van der Waals surface area contributed by atoms with Crippen molar-refractivity contribution in [2.45, 2.75) is 45.3 Å². The fourth-order valence-electron chi connectivity index (χ4n) is 2.07. The minimum absolute atomic E-state index is 0.0390. The molecule has 0 aromatic heterocycles. The van der Waals surface area contributed by atoms with Crippen molar-refractivity contribution in [2.24, 2.45) is 0 Å². The van der Waals surface area contributed by atoms with Crippen LogP contribution in [-0.4, -0.2) is 15.3 Å². The molecule has 1 unspecified atom stereocenters. The zero-order valence-electron chi connectivity index (χ0n) is 10.2. The highest BCUT2D eigenvalue weighted by atomic mass is 28.1. The molecule has 1 aromatic carbocycles. The van der Waals surface area contributed by atoms with E-state index in [0.29, 0.717) is 0 Å². The fourth-order valence-corrected chi connectivity index (χ4v) is 2.28. The van der Waals surface area contributed by atoms with Gasteiger partial charge in [0.05, 0.1) is 15.5 Å². The summed E-state index contributed by atoms with van der Waals surface area (Å²) in [4.78, 5) is 0. The van der Waals surface area contributed by atoms with Crippen molar-refractivity contribution in [3.05, 3.63) is 34.9 Å². The van der Waals surface area contributed by atoms with Crippen LogP contribution in [-0.2, 0) is 10.6 Å². The van der Waals surface area contributed by atoms with Crippen LogP contribution in [0.25, 0.3) is 0 Å². The average molecular weight is 219 g/mol. The molecule has 0 bridgehead atoms. The van der Waals surface area contributed by atoms with Crippen LogP contribution in [0.4, 0.5) is 0 Å². The van der Waals surface area contributed by atoms with Gasteiger partial charge < -0.3 is 5.11 Å². The molecule has 15 heavy (non-hydrogen) atoms. The lowest BCUT2D eigenvalue weighted by molar-refractivity contribution is 0.147. The molecule has 1 rings (SSSR count). The van der Waals surface area contributed by atoms with E-state index in [4.69, 9.17) is 0 Å². The van der Waals surface area contributed by atoms with Crippen LogP contribution in [0.2, 0.25) is 0 Å². The van der Waals surface area contributed by atoms with Gasteiger partial charge in [-0.25, -0.2) is 0 Å². The summed E-state index contributed by atoms with van der Waals surface area (Å²) < 4.78 is 0. The van der Waals surface area contributed by atoms with Crippen molar-refractivity contribution in [2.75, 3.05) is 0 Å². The first-order chi connectivity index (χ1) is 6.64. The maximum atomic E-state index is 10.1. The van der Waals surface area contributed by atoms with Gasteiger partial charge in [0.15, 0.2) is 0 Å². The molecule has 81 valence electrons. The van der Waals surface area contributed by atoms with Crippen molar-refractivity contribution in [1.82, 2.24) is 0 Å². The first-order valence-electron chi connectivity index (χ1n) is 5.22. The molecule has 1 nitrogen and oxygen atoms in total. The Morgan fingerprint density at radius 2 is 1.67 bits per heavy atom. The lowest BCUT2D eigenvalue weighted by atomic mass is 9.79. The Morgan fingerprint density at radius 1 is 1.13 bits per heavy atom. The number of hydrogen-bond acceptors (Lipinski definition) is 1. The lowest BCUT2D eigenvalue weighted by Crippen LogP contribution is -2.27. The van der Waals surface area contributed by atoms with Crippen LogP contribution >= 0.6 is 0 Å². The monoisotopic (exact) mass is 219 g/mol. The molecule has 1 N–H and O–H groups in total. The third-order valence-corrected chi connectivity index (χ3v) is 2.82. The molecule has 0 aliphatic heterocycles. The quantitative estimate of drug-likeness (QED) is 0.720. The van der Waals surface area contributed by atoms with Crippen molar-refractivity contribution in [3.63, 3.8) is 0 Å². The Bertz CT molecular complexity index is 356. The standard InChI is InChI=1S/C13H19OSi/c1-9-7-6-8-10(13(5,14)15)11(9)12(2,3)4/h6-8,14H,1-5H3. The van der Waals surface area contributed by atoms with Gasteiger partial charge in [0.25, 0.3) is 0 Å². The second-order valence-electron chi connectivity index (χ2n) is 5.32. The summed E-state index contributed by atoms with van der Waals surface area (Å²) in [6.45, 7) is 10.3. The van der Waals surface area contributed by atoms with Gasteiger partial charge in [-0.05, 0) is 36.0 Å². The molecule has 0 fully saturated rings. The molecule has 2 heteroatoms. The Balaban J connectivity index is 3.48. The van der Waals surface area contributed by atoms with Crippen molar-refractivity contribution < 1.29 is 5.11 Å². The second kappa shape index (κ2) is 3.76. The third-order valence-electron chi connectivity index (χ3n) is 2.55. The normalized spacial score (nSPS) is 16.2. The van der Waals surface area contributed by atoms with Gasteiger partial charge in [-0.15, -0.1) is 0 Å². The van der Waals surface area contributed by atoms with E-state index in [0.717, 1.165) is 5.56 Å². The minimum atomic E-state index is -0.964. The van der Waals surface area contributed by atoms with Gasteiger partial charge in [0, 0.05) is 0 Å². The van der Waals surface area contributed by atoms with Gasteiger partial charge in [-0.2, -0.15) is 0 Å². The van der Waals surface area contributed by atoms with Gasteiger partial charge in [0.1, 0.15) is 0 Å². The Morgan fingerprint density at radius 3 is 2.00 bits per heavy atom. The third kappa shape index (κ3) is 2.70. The van der Waals surface area contributed by atoms with Gasteiger partial charge >= 0.3 is 0 Å². The topological polar surface area (TPSA) is 20.2 Å². The highest BCUT2D eigenvalue weighted by molar-refractivity contribution is 6.14. The Labute approximate surface area is 96.0 Å². The maximum Gasteiger partial charge on any atom is 0.0765 e. The van der Waals surface area contributed by atoms with Crippen LogP contribution in [0.3, 0.4) is 0 Å². The summed E-state index contributed by atoms with van der Waals surface area (Å²) >= 11 is 0. The number of rotatable bonds is 1. The van der Waals surface area contributed by atoms with Crippen LogP contribution in [0.5, 0.6) is 0 Å². The van der Waals surface area contributed by atoms with Crippen molar-refractivity contribution in [3.8, 4) is 0 Å². The largest absolute Gasteiger partial charge is 0.390 e. The van der Waals surface area contributed by atoms with Crippen LogP contribution in [0, 0.1) is 6.92 Å². The van der Waals surface area contributed by atoms with E-state index in [-0.39, 0.29) is 5.41 Å². The van der Waals surface area contributed by atoms with E-state index in [2.05, 4.69) is 44.0 Å². The molecule has 3 radical (unpaired) electrons. The van der Waals surface area contributed by atoms with E-state index in [1.54, 1.807) is 6.92 Å². The number of aliphatic hydroxyl groups is 1.